The topological polar surface area (TPSA) is 63.0 Å². The number of hydrogen-bond acceptors (Lipinski definition) is 4. The van der Waals surface area contributed by atoms with E-state index >= 15 is 0 Å². The molecule has 2 aromatic rings. The van der Waals surface area contributed by atoms with Crippen molar-refractivity contribution in [1.29, 1.82) is 0 Å². The normalized spacial score (nSPS) is 12.5. The van der Waals surface area contributed by atoms with E-state index < -0.39 is 0 Å². The first kappa shape index (κ1) is 15.7. The highest BCUT2D eigenvalue weighted by Crippen LogP contribution is 2.14. The van der Waals surface area contributed by atoms with Crippen LogP contribution in [0.15, 0.2) is 30.5 Å². The van der Waals surface area contributed by atoms with E-state index in [-0.39, 0.29) is 12.6 Å². The summed E-state index contributed by atoms with van der Waals surface area (Å²) in [7, 11) is 0. The standard InChI is InChI=1S/C16H24N4O/c1-3-14-5-7-15(8-6-14)13(2)17-11-16-12-20(19-18-16)9-4-10-21/h5-8,12-13,17,21H,3-4,9-11H2,1-2H3. The zero-order valence-electron chi connectivity index (χ0n) is 12.8. The van der Waals surface area contributed by atoms with Gasteiger partial charge in [0.05, 0.1) is 5.69 Å². The maximum absolute atomic E-state index is 8.80. The van der Waals surface area contributed by atoms with Crippen LogP contribution >= 0.6 is 0 Å². The lowest BCUT2D eigenvalue weighted by molar-refractivity contribution is 0.276. The summed E-state index contributed by atoms with van der Waals surface area (Å²) in [6.07, 6.45) is 3.70. The Morgan fingerprint density at radius 1 is 1.29 bits per heavy atom. The molecule has 5 nitrogen and oxygen atoms in total. The van der Waals surface area contributed by atoms with E-state index in [2.05, 4.69) is 53.7 Å². The molecule has 1 aromatic carbocycles. The van der Waals surface area contributed by atoms with Gasteiger partial charge in [-0.3, -0.25) is 4.68 Å². The van der Waals surface area contributed by atoms with Gasteiger partial charge >= 0.3 is 0 Å². The van der Waals surface area contributed by atoms with E-state index in [0.717, 1.165) is 12.1 Å². The third-order valence-corrected chi connectivity index (χ3v) is 3.61. The van der Waals surface area contributed by atoms with Gasteiger partial charge in [-0.1, -0.05) is 36.4 Å². The molecule has 0 fully saturated rings. The van der Waals surface area contributed by atoms with Crippen LogP contribution in [0.5, 0.6) is 0 Å². The second-order valence-corrected chi connectivity index (χ2v) is 5.25. The second kappa shape index (κ2) is 7.90. The third-order valence-electron chi connectivity index (χ3n) is 3.61. The summed E-state index contributed by atoms with van der Waals surface area (Å²) in [4.78, 5) is 0. The second-order valence-electron chi connectivity index (χ2n) is 5.25. The fourth-order valence-electron chi connectivity index (χ4n) is 2.18. The molecule has 0 spiro atoms. The molecule has 0 bridgehead atoms. The summed E-state index contributed by atoms with van der Waals surface area (Å²) in [6.45, 7) is 5.89. The maximum Gasteiger partial charge on any atom is 0.0965 e. The number of nitrogens with zero attached hydrogens (tertiary/aromatic N) is 3. The van der Waals surface area contributed by atoms with Crippen LogP contribution in [0.3, 0.4) is 0 Å². The summed E-state index contributed by atoms with van der Waals surface area (Å²) in [5.41, 5.74) is 3.56. The zero-order valence-corrected chi connectivity index (χ0v) is 12.8. The van der Waals surface area contributed by atoms with Crippen molar-refractivity contribution in [2.24, 2.45) is 0 Å². The van der Waals surface area contributed by atoms with Crippen LogP contribution in [0.25, 0.3) is 0 Å². The molecule has 2 rings (SSSR count). The van der Waals surface area contributed by atoms with Crippen molar-refractivity contribution in [2.45, 2.75) is 45.8 Å². The molecular weight excluding hydrogens is 264 g/mol. The molecule has 0 saturated heterocycles. The Labute approximate surface area is 126 Å². The molecule has 2 N–H and O–H groups in total. The van der Waals surface area contributed by atoms with Gasteiger partial charge in [0.25, 0.3) is 0 Å². The molecule has 0 amide bonds. The van der Waals surface area contributed by atoms with Gasteiger partial charge in [-0.2, -0.15) is 0 Å². The molecular formula is C16H24N4O. The van der Waals surface area contributed by atoms with Crippen molar-refractivity contribution in [2.75, 3.05) is 6.61 Å². The van der Waals surface area contributed by atoms with Crippen molar-refractivity contribution < 1.29 is 5.11 Å². The largest absolute Gasteiger partial charge is 0.396 e. The van der Waals surface area contributed by atoms with Gasteiger partial charge in [-0.05, 0) is 30.9 Å². The molecule has 1 aromatic heterocycles. The van der Waals surface area contributed by atoms with Crippen LogP contribution in [-0.2, 0) is 19.5 Å². The highest BCUT2D eigenvalue weighted by atomic mass is 16.3. The number of aryl methyl sites for hydroxylation is 2. The fourth-order valence-corrected chi connectivity index (χ4v) is 2.18. The predicted molar refractivity (Wildman–Crippen MR) is 82.8 cm³/mol. The van der Waals surface area contributed by atoms with Crippen molar-refractivity contribution in [1.82, 2.24) is 20.3 Å². The molecule has 0 saturated carbocycles. The van der Waals surface area contributed by atoms with Crippen molar-refractivity contribution in [3.63, 3.8) is 0 Å². The van der Waals surface area contributed by atoms with Crippen LogP contribution in [0.2, 0.25) is 0 Å². The first-order valence-corrected chi connectivity index (χ1v) is 7.55. The molecule has 0 aliphatic heterocycles. The number of aliphatic hydroxyl groups is 1. The highest BCUT2D eigenvalue weighted by molar-refractivity contribution is 5.24. The maximum atomic E-state index is 8.80. The highest BCUT2D eigenvalue weighted by Gasteiger charge is 2.06. The van der Waals surface area contributed by atoms with Crippen molar-refractivity contribution in [3.8, 4) is 0 Å². The summed E-state index contributed by atoms with van der Waals surface area (Å²) >= 11 is 0. The van der Waals surface area contributed by atoms with Crippen molar-refractivity contribution in [3.05, 3.63) is 47.3 Å². The Morgan fingerprint density at radius 2 is 2.05 bits per heavy atom. The third kappa shape index (κ3) is 4.65. The van der Waals surface area contributed by atoms with E-state index in [9.17, 15) is 0 Å². The van der Waals surface area contributed by atoms with E-state index in [4.69, 9.17) is 5.11 Å². The molecule has 1 unspecified atom stereocenters. The van der Waals surface area contributed by atoms with E-state index in [0.29, 0.717) is 19.5 Å². The van der Waals surface area contributed by atoms with Gasteiger partial charge in [0.15, 0.2) is 0 Å². The molecule has 0 aliphatic rings. The number of benzene rings is 1. The van der Waals surface area contributed by atoms with E-state index in [1.165, 1.54) is 11.1 Å². The van der Waals surface area contributed by atoms with Crippen LogP contribution in [0.4, 0.5) is 0 Å². The lowest BCUT2D eigenvalue weighted by atomic mass is 10.1. The van der Waals surface area contributed by atoms with Gasteiger partial charge in [0, 0.05) is 31.9 Å². The molecule has 114 valence electrons. The Kier molecular flexibility index (Phi) is 5.90. The summed E-state index contributed by atoms with van der Waals surface area (Å²) in [6, 6.07) is 8.99. The summed E-state index contributed by atoms with van der Waals surface area (Å²) in [5.74, 6) is 0. The number of aromatic nitrogens is 3. The lowest BCUT2D eigenvalue weighted by Crippen LogP contribution is -2.18. The zero-order chi connectivity index (χ0) is 15.1. The lowest BCUT2D eigenvalue weighted by Gasteiger charge is -2.13. The molecule has 0 aliphatic carbocycles. The van der Waals surface area contributed by atoms with Gasteiger partial charge in [0.2, 0.25) is 0 Å². The van der Waals surface area contributed by atoms with Gasteiger partial charge < -0.3 is 10.4 Å². The monoisotopic (exact) mass is 288 g/mol. The first-order valence-electron chi connectivity index (χ1n) is 7.55. The minimum Gasteiger partial charge on any atom is -0.396 e. The summed E-state index contributed by atoms with van der Waals surface area (Å²) < 4.78 is 1.77. The van der Waals surface area contributed by atoms with Crippen LogP contribution in [-0.4, -0.2) is 26.7 Å². The van der Waals surface area contributed by atoms with Crippen molar-refractivity contribution >= 4 is 0 Å². The number of aliphatic hydroxyl groups excluding tert-OH is 1. The van der Waals surface area contributed by atoms with Gasteiger partial charge in [-0.15, -0.1) is 5.10 Å². The number of rotatable bonds is 8. The Hall–Kier alpha value is -1.72. The Bertz CT molecular complexity index is 535. The molecule has 21 heavy (non-hydrogen) atoms. The van der Waals surface area contributed by atoms with Crippen LogP contribution < -0.4 is 5.32 Å². The predicted octanol–water partition coefficient (Wildman–Crippen LogP) is 2.07. The molecule has 1 atom stereocenters. The number of hydrogen-bond donors (Lipinski definition) is 2. The van der Waals surface area contributed by atoms with Gasteiger partial charge in [-0.25, -0.2) is 0 Å². The van der Waals surface area contributed by atoms with Crippen LogP contribution in [0, 0.1) is 0 Å². The minimum atomic E-state index is 0.179. The average Bonchev–Trinajstić information content (AvgIpc) is 2.98. The Morgan fingerprint density at radius 3 is 2.71 bits per heavy atom. The average molecular weight is 288 g/mol. The van der Waals surface area contributed by atoms with Gasteiger partial charge in [0.1, 0.15) is 0 Å². The Balaban J connectivity index is 1.85. The smallest absolute Gasteiger partial charge is 0.0965 e. The van der Waals surface area contributed by atoms with E-state index in [1.807, 2.05) is 6.20 Å². The SMILES string of the molecule is CCc1ccc(C(C)NCc2cn(CCCO)nn2)cc1. The minimum absolute atomic E-state index is 0.179. The molecule has 0 radical (unpaired) electrons. The number of nitrogens with one attached hydrogen (secondary N) is 1. The summed E-state index contributed by atoms with van der Waals surface area (Å²) in [5, 5.41) is 20.4. The van der Waals surface area contributed by atoms with Crippen LogP contribution in [0.1, 0.15) is 43.1 Å². The quantitative estimate of drug-likeness (QED) is 0.780. The fraction of sp³-hybridized carbons (Fsp3) is 0.500. The first-order chi connectivity index (χ1) is 10.2. The van der Waals surface area contributed by atoms with E-state index in [1.54, 1.807) is 4.68 Å². The molecule has 5 heteroatoms. The molecule has 1 heterocycles.